The maximum Gasteiger partial charge on any atom is 0.267 e. The topological polar surface area (TPSA) is 98.3 Å². The van der Waals surface area contributed by atoms with Gasteiger partial charge in [-0.1, -0.05) is 24.3 Å². The third-order valence-electron chi connectivity index (χ3n) is 4.38. The molecule has 2 bridgehead atoms. The number of thioether (sulfide) groups is 1. The molecule has 3 N–H and O–H groups in total. The number of carbonyl (C=O) groups is 1. The summed E-state index contributed by atoms with van der Waals surface area (Å²) in [7, 11) is 0. The summed E-state index contributed by atoms with van der Waals surface area (Å²) in [5, 5.41) is 5.55. The fourth-order valence-corrected chi connectivity index (χ4v) is 3.72. The third kappa shape index (κ3) is 4.90. The largest absolute Gasteiger partial charge is 0.450 e. The van der Waals surface area contributed by atoms with Crippen molar-refractivity contribution in [2.75, 3.05) is 0 Å². The molecule has 0 aliphatic carbocycles. The Hall–Kier alpha value is -3.52. The number of dihydropyridines is 1. The van der Waals surface area contributed by atoms with Crippen molar-refractivity contribution in [3.8, 4) is 0 Å². The minimum absolute atomic E-state index is 0.0695. The first-order valence-corrected chi connectivity index (χ1v) is 10.3. The number of hydrogen-bond acceptors (Lipinski definition) is 7. The second-order valence-corrected chi connectivity index (χ2v) is 7.54. The number of ether oxygens (including phenoxy) is 2. The first-order chi connectivity index (χ1) is 14.7. The van der Waals surface area contributed by atoms with E-state index in [1.807, 2.05) is 24.3 Å². The van der Waals surface area contributed by atoms with E-state index in [-0.39, 0.29) is 11.1 Å². The number of nitrogens with two attached hydrogens (primary N) is 1. The standard InChI is InChI=1S/C22H20N4O3S/c23-20(27)18-7-10-29-21-15(12-16-8-11-30-22(16)26-21)6-4-2-1-3-5-9-28-19-13-17(25-19)14-24-18/h1-5,7-12,14,22,26H,6,13H2,(H2,23,27)/b3-1+,4-2+,9-5-,10-7+,17-14-,24-18-. The number of primary amides is 1. The lowest BCUT2D eigenvalue weighted by Crippen LogP contribution is -2.29. The Morgan fingerprint density at radius 2 is 2.03 bits per heavy atom. The number of fused-ring (bicyclic) bond motifs is 8. The SMILES string of the molecule is NC(=O)C1=N\C=C2\CC(=N2)O\C=C/C=C/C=C/CC2=C(NC3SC=CC3=C2)O\C=C\1. The minimum atomic E-state index is -0.655. The molecule has 1 atom stereocenters. The first-order valence-electron chi connectivity index (χ1n) is 9.35. The van der Waals surface area contributed by atoms with Gasteiger partial charge in [-0.05, 0) is 35.6 Å². The molecule has 152 valence electrons. The summed E-state index contributed by atoms with van der Waals surface area (Å²) >= 11 is 1.67. The first kappa shape index (κ1) is 19.8. The Labute approximate surface area is 178 Å². The van der Waals surface area contributed by atoms with Gasteiger partial charge in [0.05, 0.1) is 24.6 Å². The second-order valence-electron chi connectivity index (χ2n) is 6.53. The van der Waals surface area contributed by atoms with Gasteiger partial charge in [0.2, 0.25) is 0 Å². The predicted molar refractivity (Wildman–Crippen MR) is 119 cm³/mol. The van der Waals surface area contributed by atoms with Crippen LogP contribution in [0.25, 0.3) is 0 Å². The van der Waals surface area contributed by atoms with Gasteiger partial charge < -0.3 is 20.5 Å². The lowest BCUT2D eigenvalue weighted by atomic mass is 10.1. The van der Waals surface area contributed by atoms with E-state index in [1.165, 1.54) is 24.1 Å². The Balaban J connectivity index is 1.61. The molecule has 0 aromatic rings. The highest BCUT2D eigenvalue weighted by Crippen LogP contribution is 2.33. The molecule has 5 aliphatic rings. The molecule has 5 aliphatic heterocycles. The average Bonchev–Trinajstić information content (AvgIpc) is 3.15. The summed E-state index contributed by atoms with van der Waals surface area (Å²) in [6.07, 6.45) is 20.9. The number of hydrogen-bond donors (Lipinski definition) is 2. The highest BCUT2D eigenvalue weighted by Gasteiger charge is 2.24. The molecule has 5 rings (SSSR count). The second kappa shape index (κ2) is 9.32. The summed E-state index contributed by atoms with van der Waals surface area (Å²) in [6, 6.07) is 0. The molecular formula is C22H20N4O3S. The summed E-state index contributed by atoms with van der Waals surface area (Å²) in [5.74, 6) is 0.562. The lowest BCUT2D eigenvalue weighted by molar-refractivity contribution is -0.111. The molecule has 0 aromatic carbocycles. The number of carbonyl (C=O) groups excluding carboxylic acids is 1. The van der Waals surface area contributed by atoms with Crippen LogP contribution in [0.2, 0.25) is 0 Å². The molecule has 30 heavy (non-hydrogen) atoms. The Bertz CT molecular complexity index is 1040. The van der Waals surface area contributed by atoms with E-state index in [9.17, 15) is 4.79 Å². The lowest BCUT2D eigenvalue weighted by Gasteiger charge is -2.24. The number of allylic oxidation sites excluding steroid dienone is 7. The van der Waals surface area contributed by atoms with Crippen molar-refractivity contribution in [3.05, 3.63) is 95.5 Å². The molecule has 0 radical (unpaired) electrons. The predicted octanol–water partition coefficient (Wildman–Crippen LogP) is 3.46. The fourth-order valence-electron chi connectivity index (χ4n) is 2.85. The van der Waals surface area contributed by atoms with Crippen molar-refractivity contribution in [2.24, 2.45) is 15.7 Å². The van der Waals surface area contributed by atoms with Crippen LogP contribution in [-0.2, 0) is 14.3 Å². The highest BCUT2D eigenvalue weighted by atomic mass is 32.2. The van der Waals surface area contributed by atoms with Gasteiger partial charge in [-0.15, -0.1) is 11.8 Å². The van der Waals surface area contributed by atoms with E-state index in [1.54, 1.807) is 24.1 Å². The number of aliphatic imine (C=N–C) groups is 2. The zero-order chi connectivity index (χ0) is 20.8. The number of rotatable bonds is 1. The Morgan fingerprint density at radius 1 is 1.17 bits per heavy atom. The molecule has 0 aromatic heterocycles. The molecule has 0 saturated heterocycles. The van der Waals surface area contributed by atoms with Gasteiger partial charge in [-0.3, -0.25) is 4.79 Å². The van der Waals surface area contributed by atoms with Gasteiger partial charge >= 0.3 is 0 Å². The van der Waals surface area contributed by atoms with Crippen LogP contribution in [0.15, 0.2) is 105 Å². The summed E-state index contributed by atoms with van der Waals surface area (Å²) in [6.45, 7) is 0. The van der Waals surface area contributed by atoms with Crippen LogP contribution in [0.4, 0.5) is 0 Å². The van der Waals surface area contributed by atoms with Gasteiger partial charge in [0.1, 0.15) is 11.1 Å². The minimum Gasteiger partial charge on any atom is -0.450 e. The van der Waals surface area contributed by atoms with Gasteiger partial charge in [0, 0.05) is 17.8 Å². The third-order valence-corrected chi connectivity index (χ3v) is 5.34. The monoisotopic (exact) mass is 420 g/mol. The molecule has 7 nitrogen and oxygen atoms in total. The van der Waals surface area contributed by atoms with Crippen LogP contribution in [0.5, 0.6) is 0 Å². The molecule has 5 heterocycles. The average molecular weight is 420 g/mol. The van der Waals surface area contributed by atoms with E-state index in [0.29, 0.717) is 30.3 Å². The Morgan fingerprint density at radius 3 is 2.90 bits per heavy atom. The van der Waals surface area contributed by atoms with Crippen molar-refractivity contribution in [3.63, 3.8) is 0 Å². The zero-order valence-corrected chi connectivity index (χ0v) is 16.8. The van der Waals surface area contributed by atoms with Crippen LogP contribution >= 0.6 is 11.8 Å². The molecular weight excluding hydrogens is 400 g/mol. The highest BCUT2D eigenvalue weighted by molar-refractivity contribution is 8.03. The van der Waals surface area contributed by atoms with Crippen LogP contribution in [0.3, 0.4) is 0 Å². The summed E-state index contributed by atoms with van der Waals surface area (Å²) < 4.78 is 11.2. The molecule has 0 spiro atoms. The van der Waals surface area contributed by atoms with Crippen molar-refractivity contribution in [1.29, 1.82) is 0 Å². The molecule has 0 saturated carbocycles. The van der Waals surface area contributed by atoms with Crippen LogP contribution < -0.4 is 11.1 Å². The van der Waals surface area contributed by atoms with Crippen molar-refractivity contribution in [2.45, 2.75) is 18.2 Å². The van der Waals surface area contributed by atoms with Gasteiger partial charge in [0.15, 0.2) is 11.8 Å². The fraction of sp³-hybridized carbons (Fsp3) is 0.136. The molecule has 0 fully saturated rings. The number of amides is 1. The maximum atomic E-state index is 11.7. The number of nitrogens with zero attached hydrogens (tertiary/aromatic N) is 2. The molecule has 1 unspecified atom stereocenters. The van der Waals surface area contributed by atoms with Crippen LogP contribution in [0, 0.1) is 0 Å². The van der Waals surface area contributed by atoms with Crippen LogP contribution in [0.1, 0.15) is 12.8 Å². The number of nitrogens with one attached hydrogen (secondary N) is 1. The van der Waals surface area contributed by atoms with E-state index in [0.717, 1.165) is 5.57 Å². The van der Waals surface area contributed by atoms with Crippen molar-refractivity contribution in [1.82, 2.24) is 5.32 Å². The van der Waals surface area contributed by atoms with Gasteiger partial charge in [-0.25, -0.2) is 9.98 Å². The quantitative estimate of drug-likeness (QED) is 0.677. The molecule has 8 heteroatoms. The van der Waals surface area contributed by atoms with E-state index in [2.05, 4.69) is 32.9 Å². The van der Waals surface area contributed by atoms with Crippen molar-refractivity contribution >= 4 is 29.3 Å². The summed E-state index contributed by atoms with van der Waals surface area (Å²) in [4.78, 5) is 20.0. The van der Waals surface area contributed by atoms with E-state index in [4.69, 9.17) is 15.2 Å². The Kier molecular flexibility index (Phi) is 6.14. The smallest absolute Gasteiger partial charge is 0.267 e. The van der Waals surface area contributed by atoms with Gasteiger partial charge in [0.25, 0.3) is 5.91 Å². The van der Waals surface area contributed by atoms with Gasteiger partial charge in [-0.2, -0.15) is 0 Å². The van der Waals surface area contributed by atoms with E-state index >= 15 is 0 Å². The summed E-state index contributed by atoms with van der Waals surface area (Å²) in [5.41, 5.74) is 8.38. The maximum absolute atomic E-state index is 11.7. The zero-order valence-electron chi connectivity index (χ0n) is 16.0. The molecule has 1 amide bonds. The van der Waals surface area contributed by atoms with Crippen LogP contribution in [-0.4, -0.2) is 22.9 Å². The van der Waals surface area contributed by atoms with E-state index < -0.39 is 5.91 Å². The normalized spacial score (nSPS) is 30.7. The van der Waals surface area contributed by atoms with Crippen molar-refractivity contribution < 1.29 is 14.3 Å².